The first-order chi connectivity index (χ1) is 16.1. The molecule has 0 unspecified atom stereocenters. The van der Waals surface area contributed by atoms with Crippen LogP contribution in [0.3, 0.4) is 0 Å². The number of carbonyl (C=O) groups is 2. The molecular formula is C26H26N4O3. The number of ether oxygens (including phenoxy) is 1. The summed E-state index contributed by atoms with van der Waals surface area (Å²) in [7, 11) is 1.66. The van der Waals surface area contributed by atoms with Crippen LogP contribution in [0.2, 0.25) is 0 Å². The summed E-state index contributed by atoms with van der Waals surface area (Å²) in [5.41, 5.74) is 4.05. The van der Waals surface area contributed by atoms with Gasteiger partial charge in [-0.3, -0.25) is 14.6 Å². The zero-order valence-electron chi connectivity index (χ0n) is 18.6. The van der Waals surface area contributed by atoms with Gasteiger partial charge in [0.05, 0.1) is 18.2 Å². The van der Waals surface area contributed by atoms with Crippen molar-refractivity contribution in [2.24, 2.45) is 0 Å². The van der Waals surface area contributed by atoms with Crippen LogP contribution < -0.4 is 9.64 Å². The summed E-state index contributed by atoms with van der Waals surface area (Å²) in [6.45, 7) is 3.71. The fourth-order valence-corrected chi connectivity index (χ4v) is 4.57. The third-order valence-electron chi connectivity index (χ3n) is 6.34. The Balaban J connectivity index is 1.28. The average molecular weight is 443 g/mol. The Morgan fingerprint density at radius 2 is 1.79 bits per heavy atom. The summed E-state index contributed by atoms with van der Waals surface area (Å²) >= 11 is 0. The normalized spacial score (nSPS) is 15.5. The number of piperazine rings is 1. The number of fused-ring (bicyclic) bond motifs is 1. The third-order valence-corrected chi connectivity index (χ3v) is 6.34. The zero-order valence-corrected chi connectivity index (χ0v) is 18.6. The van der Waals surface area contributed by atoms with E-state index in [2.05, 4.69) is 9.88 Å². The van der Waals surface area contributed by atoms with E-state index in [9.17, 15) is 9.59 Å². The van der Waals surface area contributed by atoms with Crippen LogP contribution in [-0.4, -0.2) is 59.9 Å². The third kappa shape index (κ3) is 4.14. The first-order valence-electron chi connectivity index (χ1n) is 11.1. The van der Waals surface area contributed by atoms with E-state index in [4.69, 9.17) is 4.74 Å². The minimum atomic E-state index is -0.0883. The van der Waals surface area contributed by atoms with Crippen molar-refractivity contribution < 1.29 is 14.3 Å². The molecule has 2 amide bonds. The van der Waals surface area contributed by atoms with Gasteiger partial charge in [0.25, 0.3) is 11.8 Å². The van der Waals surface area contributed by atoms with Crippen molar-refractivity contribution in [3.63, 3.8) is 0 Å². The minimum Gasteiger partial charge on any atom is -0.497 e. The van der Waals surface area contributed by atoms with E-state index in [1.54, 1.807) is 30.5 Å². The van der Waals surface area contributed by atoms with Gasteiger partial charge in [-0.25, -0.2) is 0 Å². The molecule has 0 N–H and O–H groups in total. The van der Waals surface area contributed by atoms with Gasteiger partial charge in [-0.15, -0.1) is 0 Å². The topological polar surface area (TPSA) is 66.0 Å². The number of methoxy groups -OCH3 is 1. The maximum absolute atomic E-state index is 13.4. The van der Waals surface area contributed by atoms with Gasteiger partial charge in [-0.1, -0.05) is 18.2 Å². The zero-order chi connectivity index (χ0) is 22.8. The highest BCUT2D eigenvalue weighted by atomic mass is 16.5. The number of hydrogen-bond donors (Lipinski definition) is 0. The SMILES string of the molecule is COc1ccc(N2CCN(C(=O)c3cccc4c3C(=O)N(Cc3cccnc3)C4)CC2)cc1. The van der Waals surface area contributed by atoms with Crippen molar-refractivity contribution >= 4 is 17.5 Å². The Morgan fingerprint density at radius 1 is 1.00 bits per heavy atom. The van der Waals surface area contributed by atoms with Gasteiger partial charge in [-0.2, -0.15) is 0 Å². The van der Waals surface area contributed by atoms with Gasteiger partial charge in [0.1, 0.15) is 5.75 Å². The summed E-state index contributed by atoms with van der Waals surface area (Å²) in [5.74, 6) is 0.667. The first-order valence-corrected chi connectivity index (χ1v) is 11.1. The summed E-state index contributed by atoms with van der Waals surface area (Å²) < 4.78 is 5.23. The Morgan fingerprint density at radius 3 is 2.48 bits per heavy atom. The van der Waals surface area contributed by atoms with Crippen LogP contribution in [0.4, 0.5) is 5.69 Å². The molecule has 0 aliphatic carbocycles. The molecule has 3 heterocycles. The lowest BCUT2D eigenvalue weighted by molar-refractivity contribution is 0.0721. The number of nitrogens with zero attached hydrogens (tertiary/aromatic N) is 4. The molecular weight excluding hydrogens is 416 g/mol. The predicted molar refractivity (Wildman–Crippen MR) is 125 cm³/mol. The lowest BCUT2D eigenvalue weighted by Gasteiger charge is -2.36. The molecule has 1 saturated heterocycles. The minimum absolute atomic E-state index is 0.0715. The van der Waals surface area contributed by atoms with E-state index in [0.29, 0.717) is 37.3 Å². The van der Waals surface area contributed by atoms with Crippen LogP contribution in [0, 0.1) is 0 Å². The van der Waals surface area contributed by atoms with E-state index in [-0.39, 0.29) is 11.8 Å². The van der Waals surface area contributed by atoms with Gasteiger partial charge < -0.3 is 19.4 Å². The number of pyridine rings is 1. The van der Waals surface area contributed by atoms with Gasteiger partial charge in [-0.05, 0) is 47.5 Å². The van der Waals surface area contributed by atoms with Crippen molar-refractivity contribution in [1.29, 1.82) is 0 Å². The van der Waals surface area contributed by atoms with E-state index in [1.807, 2.05) is 53.4 Å². The highest BCUT2D eigenvalue weighted by Gasteiger charge is 2.33. The van der Waals surface area contributed by atoms with Gasteiger partial charge in [0.15, 0.2) is 0 Å². The fraction of sp³-hybridized carbons (Fsp3) is 0.269. The molecule has 2 aliphatic heterocycles. The largest absolute Gasteiger partial charge is 0.497 e. The Bertz CT molecular complexity index is 1160. The number of rotatable bonds is 5. The van der Waals surface area contributed by atoms with Crippen LogP contribution in [0.15, 0.2) is 67.0 Å². The van der Waals surface area contributed by atoms with Crippen molar-refractivity contribution in [2.75, 3.05) is 38.2 Å². The smallest absolute Gasteiger partial charge is 0.255 e. The van der Waals surface area contributed by atoms with Crippen molar-refractivity contribution in [2.45, 2.75) is 13.1 Å². The van der Waals surface area contributed by atoms with Crippen molar-refractivity contribution in [3.8, 4) is 5.75 Å². The maximum Gasteiger partial charge on any atom is 0.255 e. The Hall–Kier alpha value is -3.87. The fourth-order valence-electron chi connectivity index (χ4n) is 4.57. The highest BCUT2D eigenvalue weighted by molar-refractivity contribution is 6.09. The van der Waals surface area contributed by atoms with Gasteiger partial charge in [0, 0.05) is 57.3 Å². The standard InChI is InChI=1S/C26H26N4O3/c1-33-22-9-7-21(8-10-22)28-12-14-29(15-13-28)25(31)23-6-2-5-20-18-30(26(32)24(20)23)17-19-4-3-11-27-16-19/h2-11,16H,12-15,17-18H2,1H3. The molecule has 0 saturated carbocycles. The molecule has 1 aromatic heterocycles. The number of aromatic nitrogens is 1. The number of hydrogen-bond acceptors (Lipinski definition) is 5. The molecule has 2 aromatic carbocycles. The molecule has 0 radical (unpaired) electrons. The number of carbonyl (C=O) groups excluding carboxylic acids is 2. The molecule has 2 aliphatic rings. The Labute approximate surface area is 193 Å². The number of amides is 2. The molecule has 1 fully saturated rings. The second-order valence-corrected chi connectivity index (χ2v) is 8.34. The van der Waals surface area contributed by atoms with E-state index in [0.717, 1.165) is 35.7 Å². The molecule has 0 bridgehead atoms. The molecule has 33 heavy (non-hydrogen) atoms. The van der Waals surface area contributed by atoms with Gasteiger partial charge in [0.2, 0.25) is 0 Å². The van der Waals surface area contributed by atoms with E-state index in [1.165, 1.54) is 0 Å². The summed E-state index contributed by atoms with van der Waals surface area (Å²) in [6.07, 6.45) is 3.49. The molecule has 7 heteroatoms. The lowest BCUT2D eigenvalue weighted by Crippen LogP contribution is -2.49. The lowest BCUT2D eigenvalue weighted by atomic mass is 10.0. The number of anilines is 1. The van der Waals surface area contributed by atoms with Crippen molar-refractivity contribution in [1.82, 2.24) is 14.8 Å². The number of benzene rings is 2. The van der Waals surface area contributed by atoms with Crippen LogP contribution in [-0.2, 0) is 13.1 Å². The van der Waals surface area contributed by atoms with E-state index >= 15 is 0 Å². The Kier molecular flexibility index (Phi) is 5.69. The maximum atomic E-state index is 13.4. The first kappa shape index (κ1) is 21.0. The molecule has 7 nitrogen and oxygen atoms in total. The molecule has 3 aromatic rings. The van der Waals surface area contributed by atoms with Crippen molar-refractivity contribution in [3.05, 3.63) is 89.2 Å². The molecule has 168 valence electrons. The summed E-state index contributed by atoms with van der Waals surface area (Å²) in [4.78, 5) is 36.7. The molecule has 0 atom stereocenters. The average Bonchev–Trinajstić information content (AvgIpc) is 3.19. The molecule has 5 rings (SSSR count). The van der Waals surface area contributed by atoms with E-state index < -0.39 is 0 Å². The quantitative estimate of drug-likeness (QED) is 0.607. The second-order valence-electron chi connectivity index (χ2n) is 8.34. The molecule has 0 spiro atoms. The van der Waals surface area contributed by atoms with Gasteiger partial charge >= 0.3 is 0 Å². The second kappa shape index (κ2) is 8.94. The monoisotopic (exact) mass is 442 g/mol. The highest BCUT2D eigenvalue weighted by Crippen LogP contribution is 2.29. The van der Waals surface area contributed by atoms with Crippen LogP contribution in [0.5, 0.6) is 5.75 Å². The predicted octanol–water partition coefficient (Wildman–Crippen LogP) is 3.21. The summed E-state index contributed by atoms with van der Waals surface area (Å²) in [6, 6.07) is 17.4. The van der Waals surface area contributed by atoms with Crippen LogP contribution in [0.25, 0.3) is 0 Å². The summed E-state index contributed by atoms with van der Waals surface area (Å²) in [5, 5.41) is 0. The van der Waals surface area contributed by atoms with Crippen LogP contribution in [0.1, 0.15) is 31.8 Å². The van der Waals surface area contributed by atoms with Crippen LogP contribution >= 0.6 is 0 Å².